The fraction of sp³-hybridized carbons (Fsp3) is 0.127. The third-order valence-corrected chi connectivity index (χ3v) is 10.8. The van der Waals surface area contributed by atoms with Gasteiger partial charge in [-0.05, 0) is 116 Å². The number of pyridine rings is 1. The first-order valence-electron chi connectivity index (χ1n) is 24.5. The maximum Gasteiger partial charge on any atom is 0.149 e. The van der Waals surface area contributed by atoms with Crippen LogP contribution in [0, 0.1) is 0 Å². The predicted molar refractivity (Wildman–Crippen MR) is 246 cm³/mol. The van der Waals surface area contributed by atoms with E-state index >= 15 is 0 Å². The summed E-state index contributed by atoms with van der Waals surface area (Å²) in [6.45, 7) is -6.71. The van der Waals surface area contributed by atoms with Gasteiger partial charge in [0, 0.05) is 36.6 Å². The van der Waals surface area contributed by atoms with E-state index < -0.39 is 37.4 Å². The van der Waals surface area contributed by atoms with Crippen LogP contribution in [-0.2, 0) is 5.41 Å². The number of phenolic OH excluding ortho intramolecular Hbond substituents is 1. The molecule has 2 heterocycles. The van der Waals surface area contributed by atoms with E-state index in [-0.39, 0.29) is 5.75 Å². The Kier molecular flexibility index (Phi) is 7.18. The number of nitrogens with zero attached hydrogens (tertiary/aromatic N) is 3. The smallest absolute Gasteiger partial charge is 0.149 e. The summed E-state index contributed by atoms with van der Waals surface area (Å²) < 4.78 is 86.9. The Hall–Kier alpha value is -7.04. The topological polar surface area (TPSA) is 50.9 Å². The summed E-state index contributed by atoms with van der Waals surface area (Å²) in [6, 6.07) is 54.0. The average Bonchev–Trinajstić information content (AvgIpc) is 3.70. The number of rotatable bonds is 8. The third kappa shape index (κ3) is 7.35. The monoisotopic (exact) mass is 775 g/mol. The molecular formula is C55H47N3O. The minimum absolute atomic E-state index is 0.0583. The van der Waals surface area contributed by atoms with Crippen molar-refractivity contribution in [1.29, 1.82) is 0 Å². The zero-order valence-electron chi connectivity index (χ0n) is 42.6. The number of aromatic hydroxyl groups is 1. The first kappa shape index (κ1) is 27.6. The van der Waals surface area contributed by atoms with Gasteiger partial charge < -0.3 is 5.11 Å². The number of hydrogen-bond donors (Lipinski definition) is 1. The average molecular weight is 776 g/mol. The lowest BCUT2D eigenvalue weighted by Crippen LogP contribution is -2.12. The lowest BCUT2D eigenvalue weighted by atomic mass is 9.85. The van der Waals surface area contributed by atoms with E-state index in [0.29, 0.717) is 39.2 Å². The lowest BCUT2D eigenvalue weighted by Gasteiger charge is -2.23. The summed E-state index contributed by atoms with van der Waals surface area (Å²) in [6.07, 6.45) is 1.79. The van der Waals surface area contributed by atoms with Gasteiger partial charge in [0.15, 0.2) is 0 Å². The molecule has 4 heteroatoms. The highest BCUT2D eigenvalue weighted by Crippen LogP contribution is 2.42. The fourth-order valence-electron chi connectivity index (χ4n) is 7.72. The minimum atomic E-state index is -3.48. The van der Waals surface area contributed by atoms with E-state index in [9.17, 15) is 5.11 Å². The molecule has 0 atom stereocenters. The number of aromatic nitrogens is 3. The molecule has 0 spiro atoms. The van der Waals surface area contributed by atoms with Gasteiger partial charge >= 0.3 is 0 Å². The molecule has 59 heavy (non-hydrogen) atoms. The molecule has 0 saturated carbocycles. The summed E-state index contributed by atoms with van der Waals surface area (Å²) >= 11 is 0. The van der Waals surface area contributed by atoms with Crippen LogP contribution in [0.4, 0.5) is 0 Å². The molecule has 0 aliphatic carbocycles. The van der Waals surface area contributed by atoms with Crippen LogP contribution in [0.5, 0.6) is 5.75 Å². The first-order valence-corrected chi connectivity index (χ1v) is 19.5. The molecule has 288 valence electrons. The van der Waals surface area contributed by atoms with Crippen LogP contribution in [0.1, 0.15) is 65.1 Å². The van der Waals surface area contributed by atoms with Gasteiger partial charge in [-0.25, -0.2) is 4.98 Å². The molecule has 0 aliphatic rings. The van der Waals surface area contributed by atoms with Crippen LogP contribution >= 0.6 is 0 Å². The maximum absolute atomic E-state index is 11.5. The van der Waals surface area contributed by atoms with Crippen LogP contribution in [0.2, 0.25) is 0 Å². The van der Waals surface area contributed by atoms with E-state index in [1.807, 2.05) is 97.3 Å². The van der Waals surface area contributed by atoms with Crippen molar-refractivity contribution in [3.05, 3.63) is 193 Å². The molecule has 0 fully saturated rings. The first-order chi connectivity index (χ1) is 32.7. The summed E-state index contributed by atoms with van der Waals surface area (Å²) in [4.78, 5) is 10.2. The van der Waals surface area contributed by atoms with E-state index in [1.165, 1.54) is 12.1 Å². The fourth-order valence-corrected chi connectivity index (χ4v) is 7.72. The molecule has 1 N–H and O–H groups in total. The van der Waals surface area contributed by atoms with Gasteiger partial charge in [-0.2, -0.15) is 0 Å². The lowest BCUT2D eigenvalue weighted by molar-refractivity contribution is 0.477. The van der Waals surface area contributed by atoms with Crippen molar-refractivity contribution in [2.45, 2.75) is 45.7 Å². The van der Waals surface area contributed by atoms with Crippen LogP contribution in [0.25, 0.3) is 83.9 Å². The van der Waals surface area contributed by atoms with Crippen LogP contribution in [0.15, 0.2) is 182 Å². The zero-order valence-corrected chi connectivity index (χ0v) is 32.6. The molecular weight excluding hydrogens is 719 g/mol. The van der Waals surface area contributed by atoms with Crippen molar-refractivity contribution in [3.8, 4) is 78.6 Å². The highest BCUT2D eigenvalue weighted by atomic mass is 16.3. The Labute approximate surface area is 361 Å². The number of para-hydroxylation sites is 2. The number of benzene rings is 7. The van der Waals surface area contributed by atoms with Crippen molar-refractivity contribution in [2.75, 3.05) is 0 Å². The van der Waals surface area contributed by atoms with Gasteiger partial charge in [0.25, 0.3) is 0 Å². The molecule has 9 aromatic rings. The van der Waals surface area contributed by atoms with Crippen molar-refractivity contribution in [3.63, 3.8) is 0 Å². The second kappa shape index (κ2) is 15.4. The Bertz CT molecular complexity index is 3300. The second-order valence-corrected chi connectivity index (χ2v) is 15.0. The van der Waals surface area contributed by atoms with Gasteiger partial charge in [-0.1, -0.05) is 150 Å². The van der Waals surface area contributed by atoms with Crippen molar-refractivity contribution in [2.24, 2.45) is 0 Å². The predicted octanol–water partition coefficient (Wildman–Crippen LogP) is 14.5. The number of imidazole rings is 1. The summed E-state index contributed by atoms with van der Waals surface area (Å²) in [5.41, 5.74) is 7.11. The number of phenols is 1. The SMILES string of the molecule is [2H]C(C)(C)c1ccc(-c2ccnc(-c3cc(-c4ccccc4)cc(-c4cccc5c4nc(-c4ccccc4O)n5-c4ccc(C(C([2H])([2H])[2H])(C([2H])([2H])[2H])C([2H])([2H])[2H])cc4-c4ccccc4)c3)c2)cc1. The molecule has 0 amide bonds. The molecule has 0 aliphatic heterocycles. The van der Waals surface area contributed by atoms with Gasteiger partial charge in [0.1, 0.15) is 11.6 Å². The van der Waals surface area contributed by atoms with E-state index in [1.54, 1.807) is 66.9 Å². The third-order valence-electron chi connectivity index (χ3n) is 10.8. The summed E-state index contributed by atoms with van der Waals surface area (Å²) in [5, 5.41) is 11.5. The quantitative estimate of drug-likeness (QED) is 0.167. The van der Waals surface area contributed by atoms with Gasteiger partial charge in [0.05, 0.1) is 28.0 Å². The Balaban J connectivity index is 1.30. The highest BCUT2D eigenvalue weighted by molar-refractivity contribution is 5.98. The molecule has 4 nitrogen and oxygen atoms in total. The highest BCUT2D eigenvalue weighted by Gasteiger charge is 2.24. The summed E-state index contributed by atoms with van der Waals surface area (Å²) in [7, 11) is 0. The minimum Gasteiger partial charge on any atom is -0.507 e. The van der Waals surface area contributed by atoms with E-state index in [4.69, 9.17) is 23.7 Å². The normalized spacial score (nSPS) is 15.0. The molecule has 0 bridgehead atoms. The Morgan fingerprint density at radius 2 is 1.22 bits per heavy atom. The van der Waals surface area contributed by atoms with Crippen LogP contribution < -0.4 is 0 Å². The number of hydrogen-bond acceptors (Lipinski definition) is 3. The van der Waals surface area contributed by atoms with Crippen molar-refractivity contribution in [1.82, 2.24) is 14.5 Å². The Morgan fingerprint density at radius 3 is 1.95 bits per heavy atom. The van der Waals surface area contributed by atoms with Crippen molar-refractivity contribution >= 4 is 11.0 Å². The molecule has 0 saturated heterocycles. The molecule has 0 radical (unpaired) electrons. The van der Waals surface area contributed by atoms with Crippen LogP contribution in [0.3, 0.4) is 0 Å². The molecule has 7 aromatic carbocycles. The van der Waals surface area contributed by atoms with Crippen molar-refractivity contribution < 1.29 is 18.8 Å². The standard InChI is InChI=1S/C55H47N3O/c1-36(2)37-23-25-39(26-24-37)41-29-30-56-49(34-41)44-32-42(38-15-8-6-9-16-38)31-43(33-44)46-20-14-21-51-53(46)57-54(47-19-12-13-22-52(47)59)58(51)50-28-27-45(55(3,4)5)35-48(50)40-17-10-7-11-18-40/h6-36,59H,1-5H3/i3D3,4D3,5D3,36D. The Morgan fingerprint density at radius 1 is 0.559 bits per heavy atom. The molecule has 2 aromatic heterocycles. The van der Waals surface area contributed by atoms with Crippen LogP contribution in [-0.4, -0.2) is 19.6 Å². The molecule has 0 unspecified atom stereocenters. The largest absolute Gasteiger partial charge is 0.507 e. The second-order valence-electron chi connectivity index (χ2n) is 15.0. The maximum atomic E-state index is 11.5. The van der Waals surface area contributed by atoms with Gasteiger partial charge in [-0.3, -0.25) is 9.55 Å². The zero-order chi connectivity index (χ0) is 49.1. The number of fused-ring (bicyclic) bond motifs is 1. The van der Waals surface area contributed by atoms with E-state index in [0.717, 1.165) is 50.2 Å². The van der Waals surface area contributed by atoms with Gasteiger partial charge in [-0.15, -0.1) is 0 Å². The summed E-state index contributed by atoms with van der Waals surface area (Å²) in [5.74, 6) is -0.469. The van der Waals surface area contributed by atoms with E-state index in [2.05, 4.69) is 24.3 Å². The molecule has 9 rings (SSSR count). The van der Waals surface area contributed by atoms with Gasteiger partial charge in [0.2, 0.25) is 0 Å².